The van der Waals surface area contributed by atoms with Gasteiger partial charge in [0.1, 0.15) is 0 Å². The van der Waals surface area contributed by atoms with Crippen molar-refractivity contribution < 1.29 is 0 Å². The fraction of sp³-hybridized carbons (Fsp3) is 0.750. The molecule has 1 aromatic rings. The normalized spacial score (nSPS) is 13.3. The monoisotopic (exact) mass is 224 g/mol. The van der Waals surface area contributed by atoms with Crippen LogP contribution in [0.2, 0.25) is 0 Å². The Balaban J connectivity index is 2.53. The van der Waals surface area contributed by atoms with Gasteiger partial charge in [-0.3, -0.25) is 0 Å². The predicted octanol–water partition coefficient (Wildman–Crippen LogP) is 1.45. The highest BCUT2D eigenvalue weighted by Gasteiger charge is 2.13. The van der Waals surface area contributed by atoms with Crippen LogP contribution in [0.3, 0.4) is 0 Å². The molecule has 1 aromatic heterocycles. The molecule has 0 aliphatic rings. The van der Waals surface area contributed by atoms with Gasteiger partial charge in [0, 0.05) is 19.8 Å². The van der Waals surface area contributed by atoms with E-state index in [4.69, 9.17) is 5.73 Å². The third kappa shape index (κ3) is 3.32. The Bertz CT molecular complexity index is 291. The molecule has 0 saturated heterocycles. The Kier molecular flexibility index (Phi) is 5.49. The van der Waals surface area contributed by atoms with Gasteiger partial charge in [0.15, 0.2) is 0 Å². The van der Waals surface area contributed by atoms with Gasteiger partial charge in [0.05, 0.1) is 18.1 Å². The van der Waals surface area contributed by atoms with Gasteiger partial charge in [-0.1, -0.05) is 26.7 Å². The molecular formula is C12H24N4. The molecule has 16 heavy (non-hydrogen) atoms. The highest BCUT2D eigenvalue weighted by atomic mass is 15.1. The van der Waals surface area contributed by atoms with E-state index in [-0.39, 0.29) is 6.04 Å². The Morgan fingerprint density at radius 2 is 2.12 bits per heavy atom. The lowest BCUT2D eigenvalue weighted by Gasteiger charge is -2.20. The molecule has 1 unspecified atom stereocenters. The van der Waals surface area contributed by atoms with Crippen LogP contribution in [0, 0.1) is 5.92 Å². The maximum atomic E-state index is 5.80. The molecule has 0 bridgehead atoms. The zero-order valence-corrected chi connectivity index (χ0v) is 10.6. The van der Waals surface area contributed by atoms with Crippen molar-refractivity contribution in [1.82, 2.24) is 14.9 Å². The third-order valence-electron chi connectivity index (χ3n) is 3.25. The van der Waals surface area contributed by atoms with Crippen molar-refractivity contribution in [3.05, 3.63) is 18.2 Å². The zero-order valence-electron chi connectivity index (χ0n) is 10.6. The molecule has 0 saturated carbocycles. The lowest BCUT2D eigenvalue weighted by Crippen LogP contribution is -2.33. The van der Waals surface area contributed by atoms with Crippen molar-refractivity contribution in [2.75, 3.05) is 13.1 Å². The maximum absolute atomic E-state index is 5.80. The Morgan fingerprint density at radius 3 is 2.56 bits per heavy atom. The number of nitrogens with two attached hydrogens (primary N) is 1. The largest absolute Gasteiger partial charge is 0.336 e. The summed E-state index contributed by atoms with van der Waals surface area (Å²) in [5.74, 6) is 0.738. The van der Waals surface area contributed by atoms with Crippen molar-refractivity contribution in [1.29, 1.82) is 0 Å². The Labute approximate surface area is 98.2 Å². The number of aromatic nitrogens is 2. The van der Waals surface area contributed by atoms with Crippen LogP contribution in [0.4, 0.5) is 0 Å². The van der Waals surface area contributed by atoms with Gasteiger partial charge in [-0.05, 0) is 12.5 Å². The van der Waals surface area contributed by atoms with Crippen LogP contribution in [-0.2, 0) is 7.05 Å². The molecule has 1 atom stereocenters. The molecule has 1 heterocycles. The average Bonchev–Trinajstić information content (AvgIpc) is 2.71. The molecule has 4 heteroatoms. The van der Waals surface area contributed by atoms with Gasteiger partial charge in [0.25, 0.3) is 0 Å². The van der Waals surface area contributed by atoms with Crippen molar-refractivity contribution in [3.63, 3.8) is 0 Å². The minimum Gasteiger partial charge on any atom is -0.336 e. The molecule has 0 amide bonds. The third-order valence-corrected chi connectivity index (χ3v) is 3.25. The predicted molar refractivity (Wildman–Crippen MR) is 67.1 cm³/mol. The lowest BCUT2D eigenvalue weighted by atomic mass is 10.0. The standard InChI is InChI=1S/C12H24N4/c1-4-10(5-2)7-15-11(6-13)12-8-14-9-16(12)3/h8-11,15H,4-7,13H2,1-3H3. The molecule has 0 aliphatic heterocycles. The SMILES string of the molecule is CCC(CC)CNC(CN)c1cncn1C. The summed E-state index contributed by atoms with van der Waals surface area (Å²) in [6, 6.07) is 0.216. The van der Waals surface area contributed by atoms with Crippen LogP contribution in [0.15, 0.2) is 12.5 Å². The fourth-order valence-corrected chi connectivity index (χ4v) is 1.90. The first kappa shape index (κ1) is 13.2. The first-order valence-electron chi connectivity index (χ1n) is 6.12. The number of hydrogen-bond donors (Lipinski definition) is 2. The number of imidazole rings is 1. The maximum Gasteiger partial charge on any atom is 0.0946 e. The van der Waals surface area contributed by atoms with E-state index in [2.05, 4.69) is 24.1 Å². The van der Waals surface area contributed by atoms with Gasteiger partial charge < -0.3 is 15.6 Å². The van der Waals surface area contributed by atoms with Crippen LogP contribution < -0.4 is 11.1 Å². The first-order chi connectivity index (χ1) is 7.72. The van der Waals surface area contributed by atoms with E-state index in [9.17, 15) is 0 Å². The minimum atomic E-state index is 0.216. The van der Waals surface area contributed by atoms with Gasteiger partial charge in [-0.15, -0.1) is 0 Å². The molecular weight excluding hydrogens is 200 g/mol. The van der Waals surface area contributed by atoms with Crippen LogP contribution >= 0.6 is 0 Å². The fourth-order valence-electron chi connectivity index (χ4n) is 1.90. The highest BCUT2D eigenvalue weighted by molar-refractivity contribution is 5.05. The minimum absolute atomic E-state index is 0.216. The van der Waals surface area contributed by atoms with Crippen LogP contribution in [0.1, 0.15) is 38.4 Å². The second kappa shape index (κ2) is 6.66. The second-order valence-corrected chi connectivity index (χ2v) is 4.31. The first-order valence-corrected chi connectivity index (χ1v) is 6.12. The summed E-state index contributed by atoms with van der Waals surface area (Å²) in [5, 5.41) is 3.53. The Hall–Kier alpha value is -0.870. The van der Waals surface area contributed by atoms with E-state index >= 15 is 0 Å². The summed E-state index contributed by atoms with van der Waals surface area (Å²) in [4.78, 5) is 4.13. The number of rotatable bonds is 7. The van der Waals surface area contributed by atoms with Gasteiger partial charge >= 0.3 is 0 Å². The highest BCUT2D eigenvalue weighted by Crippen LogP contribution is 2.12. The van der Waals surface area contributed by atoms with E-state index in [1.54, 1.807) is 0 Å². The zero-order chi connectivity index (χ0) is 12.0. The average molecular weight is 224 g/mol. The van der Waals surface area contributed by atoms with E-state index < -0.39 is 0 Å². The van der Waals surface area contributed by atoms with Crippen molar-refractivity contribution in [2.45, 2.75) is 32.7 Å². The Morgan fingerprint density at radius 1 is 1.44 bits per heavy atom. The summed E-state index contributed by atoms with van der Waals surface area (Å²) in [6.07, 6.45) is 6.13. The lowest BCUT2D eigenvalue weighted by molar-refractivity contribution is 0.407. The van der Waals surface area contributed by atoms with E-state index in [0.717, 1.165) is 18.2 Å². The molecule has 0 radical (unpaired) electrons. The van der Waals surface area contributed by atoms with E-state index in [1.807, 2.05) is 24.1 Å². The van der Waals surface area contributed by atoms with Crippen molar-refractivity contribution >= 4 is 0 Å². The molecule has 0 aromatic carbocycles. The van der Waals surface area contributed by atoms with Crippen molar-refractivity contribution in [3.8, 4) is 0 Å². The smallest absolute Gasteiger partial charge is 0.0946 e. The van der Waals surface area contributed by atoms with E-state index in [1.165, 1.54) is 12.8 Å². The summed E-state index contributed by atoms with van der Waals surface area (Å²) in [7, 11) is 2.00. The molecule has 0 spiro atoms. The number of aryl methyl sites for hydroxylation is 1. The van der Waals surface area contributed by atoms with Crippen molar-refractivity contribution in [2.24, 2.45) is 18.7 Å². The van der Waals surface area contributed by atoms with Crippen LogP contribution in [0.25, 0.3) is 0 Å². The molecule has 1 rings (SSSR count). The number of nitrogens with one attached hydrogen (secondary N) is 1. The molecule has 0 fully saturated rings. The molecule has 4 nitrogen and oxygen atoms in total. The van der Waals surface area contributed by atoms with Gasteiger partial charge in [0.2, 0.25) is 0 Å². The summed E-state index contributed by atoms with van der Waals surface area (Å²) < 4.78 is 2.03. The number of nitrogens with zero attached hydrogens (tertiary/aromatic N) is 2. The quantitative estimate of drug-likeness (QED) is 0.737. The molecule has 92 valence electrons. The molecule has 0 aliphatic carbocycles. The second-order valence-electron chi connectivity index (χ2n) is 4.31. The van der Waals surface area contributed by atoms with Gasteiger partial charge in [-0.2, -0.15) is 0 Å². The summed E-state index contributed by atoms with van der Waals surface area (Å²) in [5.41, 5.74) is 6.96. The van der Waals surface area contributed by atoms with Gasteiger partial charge in [-0.25, -0.2) is 4.98 Å². The van der Waals surface area contributed by atoms with Crippen LogP contribution in [-0.4, -0.2) is 22.6 Å². The molecule has 3 N–H and O–H groups in total. The summed E-state index contributed by atoms with van der Waals surface area (Å²) in [6.45, 7) is 6.11. The summed E-state index contributed by atoms with van der Waals surface area (Å²) >= 11 is 0. The number of hydrogen-bond acceptors (Lipinski definition) is 3. The van der Waals surface area contributed by atoms with Crippen LogP contribution in [0.5, 0.6) is 0 Å². The van der Waals surface area contributed by atoms with E-state index in [0.29, 0.717) is 6.54 Å². The topological polar surface area (TPSA) is 55.9 Å².